The van der Waals surface area contributed by atoms with E-state index in [9.17, 15) is 4.79 Å². The smallest absolute Gasteiger partial charge is 0.257 e. The monoisotopic (exact) mass is 228 g/mol. The number of rotatable bonds is 5. The highest BCUT2D eigenvalue weighted by atomic mass is 35.5. The largest absolute Gasteiger partial charge is 0.484 e. The standard InChI is InChI=1S/C10H13ClN2O2/c11-8-2-1-3-9(6-8)15-7-10(14)13-5-4-12/h1-3,6H,4-5,7,12H2,(H,13,14). The number of nitrogens with one attached hydrogen (secondary N) is 1. The molecule has 0 aliphatic rings. The van der Waals surface area contributed by atoms with Gasteiger partial charge in [-0.3, -0.25) is 4.79 Å². The first-order valence-corrected chi connectivity index (χ1v) is 4.95. The normalized spacial score (nSPS) is 9.73. The first-order chi connectivity index (χ1) is 7.22. The summed E-state index contributed by atoms with van der Waals surface area (Å²) in [5, 5.41) is 3.17. The molecule has 0 atom stereocenters. The highest BCUT2D eigenvalue weighted by Crippen LogP contribution is 2.16. The molecule has 0 bridgehead atoms. The third-order valence-electron chi connectivity index (χ3n) is 1.63. The molecule has 1 amide bonds. The maximum absolute atomic E-state index is 11.1. The fraction of sp³-hybridized carbons (Fsp3) is 0.300. The van der Waals surface area contributed by atoms with Gasteiger partial charge in [0.2, 0.25) is 0 Å². The van der Waals surface area contributed by atoms with Crippen LogP contribution in [0, 0.1) is 0 Å². The van der Waals surface area contributed by atoms with Crippen LogP contribution in [0.25, 0.3) is 0 Å². The first kappa shape index (κ1) is 11.8. The van der Waals surface area contributed by atoms with Gasteiger partial charge in [0.25, 0.3) is 5.91 Å². The lowest BCUT2D eigenvalue weighted by molar-refractivity contribution is -0.123. The van der Waals surface area contributed by atoms with Gasteiger partial charge in [-0.25, -0.2) is 0 Å². The number of halogens is 1. The maximum Gasteiger partial charge on any atom is 0.257 e. The second-order valence-electron chi connectivity index (χ2n) is 2.88. The zero-order valence-electron chi connectivity index (χ0n) is 8.20. The summed E-state index contributed by atoms with van der Waals surface area (Å²) in [6, 6.07) is 6.89. The third kappa shape index (κ3) is 4.67. The fourth-order valence-electron chi connectivity index (χ4n) is 0.968. The molecule has 1 aromatic rings. The van der Waals surface area contributed by atoms with E-state index in [1.165, 1.54) is 0 Å². The molecule has 1 aromatic carbocycles. The van der Waals surface area contributed by atoms with Crippen LogP contribution < -0.4 is 15.8 Å². The average molecular weight is 229 g/mol. The predicted molar refractivity (Wildman–Crippen MR) is 59.0 cm³/mol. The number of benzene rings is 1. The summed E-state index contributed by atoms with van der Waals surface area (Å²) in [6.07, 6.45) is 0. The Labute approximate surface area is 93.4 Å². The number of amides is 1. The van der Waals surface area contributed by atoms with Gasteiger partial charge in [0, 0.05) is 18.1 Å². The number of carbonyl (C=O) groups is 1. The minimum absolute atomic E-state index is 0.0274. The van der Waals surface area contributed by atoms with E-state index in [0.717, 1.165) is 0 Å². The number of carbonyl (C=O) groups excluding carboxylic acids is 1. The molecule has 0 spiro atoms. The van der Waals surface area contributed by atoms with Crippen molar-refractivity contribution in [1.29, 1.82) is 0 Å². The van der Waals surface area contributed by atoms with Gasteiger partial charge < -0.3 is 15.8 Å². The van der Waals surface area contributed by atoms with E-state index in [1.807, 2.05) is 0 Å². The Bertz CT molecular complexity index is 331. The molecule has 3 N–H and O–H groups in total. The van der Waals surface area contributed by atoms with Crippen LogP contribution in [0.4, 0.5) is 0 Å². The van der Waals surface area contributed by atoms with Crippen LogP contribution in [0.1, 0.15) is 0 Å². The summed E-state index contributed by atoms with van der Waals surface area (Å²) >= 11 is 5.75. The van der Waals surface area contributed by atoms with Crippen molar-refractivity contribution in [1.82, 2.24) is 5.32 Å². The minimum Gasteiger partial charge on any atom is -0.484 e. The highest BCUT2D eigenvalue weighted by Gasteiger charge is 2.01. The molecular weight excluding hydrogens is 216 g/mol. The Morgan fingerprint density at radius 1 is 1.53 bits per heavy atom. The van der Waals surface area contributed by atoms with Gasteiger partial charge in [-0.15, -0.1) is 0 Å². The van der Waals surface area contributed by atoms with Gasteiger partial charge in [0.1, 0.15) is 5.75 Å². The topological polar surface area (TPSA) is 64.3 Å². The molecule has 0 unspecified atom stereocenters. The highest BCUT2D eigenvalue weighted by molar-refractivity contribution is 6.30. The van der Waals surface area contributed by atoms with Crippen LogP contribution in [0.3, 0.4) is 0 Å². The Morgan fingerprint density at radius 2 is 2.33 bits per heavy atom. The molecule has 0 radical (unpaired) electrons. The predicted octanol–water partition coefficient (Wildman–Crippen LogP) is 0.794. The Morgan fingerprint density at radius 3 is 3.00 bits per heavy atom. The zero-order chi connectivity index (χ0) is 11.1. The van der Waals surface area contributed by atoms with Gasteiger partial charge in [-0.2, -0.15) is 0 Å². The van der Waals surface area contributed by atoms with E-state index in [1.54, 1.807) is 24.3 Å². The SMILES string of the molecule is NCCNC(=O)COc1cccc(Cl)c1. The van der Waals surface area contributed by atoms with E-state index in [2.05, 4.69) is 5.32 Å². The maximum atomic E-state index is 11.1. The van der Waals surface area contributed by atoms with Crippen molar-refractivity contribution in [2.45, 2.75) is 0 Å². The summed E-state index contributed by atoms with van der Waals surface area (Å²) in [5.74, 6) is 0.380. The second kappa shape index (κ2) is 6.27. The van der Waals surface area contributed by atoms with Crippen LogP contribution in [0.2, 0.25) is 5.02 Å². The molecular formula is C10H13ClN2O2. The van der Waals surface area contributed by atoms with Gasteiger partial charge in [0.15, 0.2) is 6.61 Å². The molecule has 0 saturated heterocycles. The summed E-state index contributed by atoms with van der Waals surface area (Å²) in [4.78, 5) is 11.1. The van der Waals surface area contributed by atoms with E-state index in [4.69, 9.17) is 22.1 Å². The van der Waals surface area contributed by atoms with Gasteiger partial charge in [-0.1, -0.05) is 17.7 Å². The van der Waals surface area contributed by atoms with Gasteiger partial charge >= 0.3 is 0 Å². The number of ether oxygens (including phenoxy) is 1. The Hall–Kier alpha value is -1.26. The lowest BCUT2D eigenvalue weighted by Crippen LogP contribution is -2.32. The molecule has 82 valence electrons. The van der Waals surface area contributed by atoms with Gasteiger partial charge in [0.05, 0.1) is 0 Å². The van der Waals surface area contributed by atoms with Gasteiger partial charge in [-0.05, 0) is 18.2 Å². The van der Waals surface area contributed by atoms with Crippen molar-refractivity contribution in [3.63, 3.8) is 0 Å². The third-order valence-corrected chi connectivity index (χ3v) is 1.87. The molecule has 15 heavy (non-hydrogen) atoms. The van der Waals surface area contributed by atoms with Crippen LogP contribution in [-0.4, -0.2) is 25.6 Å². The van der Waals surface area contributed by atoms with Crippen LogP contribution in [0.5, 0.6) is 5.75 Å². The Balaban J connectivity index is 2.33. The number of nitrogens with two attached hydrogens (primary N) is 1. The fourth-order valence-corrected chi connectivity index (χ4v) is 1.15. The van der Waals surface area contributed by atoms with E-state index in [-0.39, 0.29) is 12.5 Å². The van der Waals surface area contributed by atoms with Crippen molar-refractivity contribution in [2.75, 3.05) is 19.7 Å². The molecule has 0 fully saturated rings. The van der Waals surface area contributed by atoms with Crippen LogP contribution >= 0.6 is 11.6 Å². The van der Waals surface area contributed by atoms with Crippen molar-refractivity contribution in [3.05, 3.63) is 29.3 Å². The first-order valence-electron chi connectivity index (χ1n) is 4.57. The molecule has 0 aliphatic heterocycles. The Kier molecular flexibility index (Phi) is 4.93. The zero-order valence-corrected chi connectivity index (χ0v) is 8.96. The lowest BCUT2D eigenvalue weighted by atomic mass is 10.3. The summed E-state index contributed by atoms with van der Waals surface area (Å²) in [7, 11) is 0. The van der Waals surface area contributed by atoms with Crippen molar-refractivity contribution in [3.8, 4) is 5.75 Å². The van der Waals surface area contributed by atoms with E-state index in [0.29, 0.717) is 23.9 Å². The summed E-state index contributed by atoms with van der Waals surface area (Å²) in [6.45, 7) is 0.848. The molecule has 1 rings (SSSR count). The van der Waals surface area contributed by atoms with Crippen LogP contribution in [0.15, 0.2) is 24.3 Å². The molecule has 5 heteroatoms. The minimum atomic E-state index is -0.194. The van der Waals surface area contributed by atoms with Crippen molar-refractivity contribution in [2.24, 2.45) is 5.73 Å². The van der Waals surface area contributed by atoms with Crippen LogP contribution in [-0.2, 0) is 4.79 Å². The molecule has 0 saturated carbocycles. The number of hydrogen-bond donors (Lipinski definition) is 2. The van der Waals surface area contributed by atoms with E-state index < -0.39 is 0 Å². The molecule has 4 nitrogen and oxygen atoms in total. The quantitative estimate of drug-likeness (QED) is 0.784. The average Bonchev–Trinajstić information content (AvgIpc) is 2.23. The summed E-state index contributed by atoms with van der Waals surface area (Å²) in [5.41, 5.74) is 5.23. The number of hydrogen-bond acceptors (Lipinski definition) is 3. The second-order valence-corrected chi connectivity index (χ2v) is 3.32. The molecule has 0 heterocycles. The summed E-state index contributed by atoms with van der Waals surface area (Å²) < 4.78 is 5.21. The van der Waals surface area contributed by atoms with E-state index >= 15 is 0 Å². The molecule has 0 aliphatic carbocycles. The lowest BCUT2D eigenvalue weighted by Gasteiger charge is -2.06. The molecule has 0 aromatic heterocycles. The van der Waals surface area contributed by atoms with Crippen molar-refractivity contribution >= 4 is 17.5 Å². The van der Waals surface area contributed by atoms with Crippen molar-refractivity contribution < 1.29 is 9.53 Å².